The Morgan fingerprint density at radius 1 is 1.39 bits per heavy atom. The van der Waals surface area contributed by atoms with Gasteiger partial charge in [-0.2, -0.15) is 0 Å². The summed E-state index contributed by atoms with van der Waals surface area (Å²) in [5.41, 5.74) is 7.78. The number of fused-ring (bicyclic) bond motifs is 1. The predicted molar refractivity (Wildman–Crippen MR) is 95.9 cm³/mol. The lowest BCUT2D eigenvalue weighted by molar-refractivity contribution is -0.274. The normalized spacial score (nSPS) is 13.6. The van der Waals surface area contributed by atoms with Gasteiger partial charge >= 0.3 is 6.36 Å². The van der Waals surface area contributed by atoms with Crippen LogP contribution in [-0.4, -0.2) is 23.5 Å². The third-order valence-electron chi connectivity index (χ3n) is 4.15. The quantitative estimate of drug-likeness (QED) is 0.749. The number of hydrogen-bond donors (Lipinski definition) is 2. The van der Waals surface area contributed by atoms with Crippen LogP contribution in [0.2, 0.25) is 5.02 Å². The number of primary amides is 1. The Morgan fingerprint density at radius 2 is 2.11 bits per heavy atom. The summed E-state index contributed by atoms with van der Waals surface area (Å²) in [6, 6.07) is 4.02. The molecule has 1 aliphatic rings. The molecule has 0 atom stereocenters. The van der Waals surface area contributed by atoms with Gasteiger partial charge in [-0.1, -0.05) is 11.6 Å². The number of hydrogen-bond acceptors (Lipinski definition) is 5. The Labute approximate surface area is 162 Å². The number of nitrogens with two attached hydrogens (primary N) is 1. The number of aromatic nitrogens is 1. The van der Waals surface area contributed by atoms with Gasteiger partial charge < -0.3 is 15.8 Å². The fourth-order valence-corrected chi connectivity index (χ4v) is 3.16. The monoisotopic (exact) mass is 411 g/mol. The Hall–Kier alpha value is -3.07. The molecule has 146 valence electrons. The minimum Gasteiger partial charge on any atom is -0.404 e. The molecule has 0 bridgehead atoms. The minimum atomic E-state index is -4.88. The number of nitrogens with zero attached hydrogens (tertiary/aromatic N) is 1. The lowest BCUT2D eigenvalue weighted by Crippen LogP contribution is -2.21. The molecule has 1 aromatic carbocycles. The number of carbonyl (C=O) groups excluding carboxylic acids is 2. The van der Waals surface area contributed by atoms with E-state index in [0.29, 0.717) is 34.4 Å². The van der Waals surface area contributed by atoms with E-state index in [1.807, 2.05) is 0 Å². The number of alkyl halides is 3. The van der Waals surface area contributed by atoms with Crippen molar-refractivity contribution in [1.29, 1.82) is 0 Å². The van der Waals surface area contributed by atoms with Crippen molar-refractivity contribution >= 4 is 35.2 Å². The molecule has 28 heavy (non-hydrogen) atoms. The van der Waals surface area contributed by atoms with Crippen LogP contribution in [0.5, 0.6) is 5.75 Å². The fourth-order valence-electron chi connectivity index (χ4n) is 2.96. The van der Waals surface area contributed by atoms with Gasteiger partial charge in [0.05, 0.1) is 10.7 Å². The molecule has 6 nitrogen and oxygen atoms in total. The molecule has 3 N–H and O–H groups in total. The third-order valence-corrected chi connectivity index (χ3v) is 4.45. The highest BCUT2D eigenvalue weighted by molar-refractivity contribution is 6.32. The second kappa shape index (κ2) is 7.16. The number of aldehydes is 1. The highest BCUT2D eigenvalue weighted by Gasteiger charge is 2.33. The van der Waals surface area contributed by atoms with Crippen LogP contribution >= 0.6 is 11.6 Å². The van der Waals surface area contributed by atoms with Gasteiger partial charge in [-0.3, -0.25) is 14.6 Å². The van der Waals surface area contributed by atoms with Crippen LogP contribution in [-0.2, 0) is 11.2 Å². The summed E-state index contributed by atoms with van der Waals surface area (Å²) < 4.78 is 41.4. The molecule has 0 saturated heterocycles. The molecule has 0 spiro atoms. The SMILES string of the molecule is Cc1cc(OC(F)(F)F)c(Cl)cc1C1=C(C=O)Cc2c(ccnc2C(N)=O)N1. The van der Waals surface area contributed by atoms with Crippen molar-refractivity contribution in [3.05, 3.63) is 57.4 Å². The van der Waals surface area contributed by atoms with Gasteiger partial charge in [0, 0.05) is 35.0 Å². The standard InChI is InChI=1S/C18H13ClF3N3O3/c1-8-4-14(28-18(20,21)22)12(19)6-10(8)15-9(7-26)5-11-13(25-15)2-3-24-16(11)17(23)27/h2-4,6-7,25H,5H2,1H3,(H2,23,27). The Balaban J connectivity index is 2.08. The summed E-state index contributed by atoms with van der Waals surface area (Å²) in [7, 11) is 0. The average molecular weight is 412 g/mol. The van der Waals surface area contributed by atoms with E-state index in [4.69, 9.17) is 17.3 Å². The third kappa shape index (κ3) is 3.79. The summed E-state index contributed by atoms with van der Waals surface area (Å²) in [4.78, 5) is 27.2. The smallest absolute Gasteiger partial charge is 0.404 e. The maximum atomic E-state index is 12.5. The first-order valence-electron chi connectivity index (χ1n) is 7.90. The Kier molecular flexibility index (Phi) is 5.03. The summed E-state index contributed by atoms with van der Waals surface area (Å²) in [5.74, 6) is -1.28. The van der Waals surface area contributed by atoms with E-state index in [2.05, 4.69) is 15.0 Å². The van der Waals surface area contributed by atoms with E-state index in [-0.39, 0.29) is 22.7 Å². The number of amides is 1. The van der Waals surface area contributed by atoms with Crippen molar-refractivity contribution in [2.45, 2.75) is 19.7 Å². The molecule has 3 rings (SSSR count). The number of benzene rings is 1. The molecule has 0 fully saturated rings. The van der Waals surface area contributed by atoms with E-state index < -0.39 is 18.0 Å². The molecule has 0 radical (unpaired) electrons. The average Bonchev–Trinajstić information content (AvgIpc) is 2.61. The molecule has 2 aromatic rings. The van der Waals surface area contributed by atoms with E-state index in [0.717, 1.165) is 6.07 Å². The number of rotatable bonds is 4. The maximum absolute atomic E-state index is 12.5. The van der Waals surface area contributed by atoms with Crippen molar-refractivity contribution in [3.63, 3.8) is 0 Å². The summed E-state index contributed by atoms with van der Waals surface area (Å²) in [6.45, 7) is 1.56. The second-order valence-electron chi connectivity index (χ2n) is 6.02. The number of nitrogens with one attached hydrogen (secondary N) is 1. The van der Waals surface area contributed by atoms with Crippen LogP contribution in [0.4, 0.5) is 18.9 Å². The fraction of sp³-hybridized carbons (Fsp3) is 0.167. The zero-order chi connectivity index (χ0) is 20.6. The second-order valence-corrected chi connectivity index (χ2v) is 6.42. The molecule has 1 aliphatic heterocycles. The van der Waals surface area contributed by atoms with Gasteiger partial charge in [0.15, 0.2) is 0 Å². The topological polar surface area (TPSA) is 94.3 Å². The van der Waals surface area contributed by atoms with Gasteiger partial charge in [-0.15, -0.1) is 13.2 Å². The van der Waals surface area contributed by atoms with Gasteiger partial charge in [-0.05, 0) is 30.7 Å². The van der Waals surface area contributed by atoms with Crippen LogP contribution in [0, 0.1) is 6.92 Å². The van der Waals surface area contributed by atoms with Crippen molar-refractivity contribution in [2.24, 2.45) is 5.73 Å². The van der Waals surface area contributed by atoms with E-state index in [9.17, 15) is 22.8 Å². The van der Waals surface area contributed by atoms with Gasteiger partial charge in [0.25, 0.3) is 5.91 Å². The predicted octanol–water partition coefficient (Wildman–Crippen LogP) is 3.62. The van der Waals surface area contributed by atoms with Crippen molar-refractivity contribution in [3.8, 4) is 5.75 Å². The lowest BCUT2D eigenvalue weighted by atomic mass is 9.92. The molecular weight excluding hydrogens is 399 g/mol. The minimum absolute atomic E-state index is 0.0343. The van der Waals surface area contributed by atoms with E-state index in [1.54, 1.807) is 13.0 Å². The maximum Gasteiger partial charge on any atom is 0.573 e. The highest BCUT2D eigenvalue weighted by atomic mass is 35.5. The number of anilines is 1. The van der Waals surface area contributed by atoms with Crippen LogP contribution in [0.25, 0.3) is 5.70 Å². The lowest BCUT2D eigenvalue weighted by Gasteiger charge is -2.25. The number of allylic oxidation sites excluding steroid dienone is 1. The van der Waals surface area contributed by atoms with Crippen LogP contribution < -0.4 is 15.8 Å². The molecule has 0 saturated carbocycles. The number of ether oxygens (including phenoxy) is 1. The molecule has 0 aliphatic carbocycles. The number of halogens is 4. The van der Waals surface area contributed by atoms with Crippen LogP contribution in [0.15, 0.2) is 30.0 Å². The highest BCUT2D eigenvalue weighted by Crippen LogP contribution is 2.38. The van der Waals surface area contributed by atoms with Crippen LogP contribution in [0.1, 0.15) is 27.2 Å². The zero-order valence-electron chi connectivity index (χ0n) is 14.4. The van der Waals surface area contributed by atoms with E-state index in [1.165, 1.54) is 12.3 Å². The Morgan fingerprint density at radius 3 is 2.71 bits per heavy atom. The van der Waals surface area contributed by atoms with Crippen molar-refractivity contribution in [2.75, 3.05) is 5.32 Å². The first kappa shape index (κ1) is 19.7. The van der Waals surface area contributed by atoms with Crippen molar-refractivity contribution in [1.82, 2.24) is 4.98 Å². The summed E-state index contributed by atoms with van der Waals surface area (Å²) in [6.07, 6.45) is -2.83. The number of aryl methyl sites for hydroxylation is 1. The largest absolute Gasteiger partial charge is 0.573 e. The first-order valence-corrected chi connectivity index (χ1v) is 8.27. The molecule has 1 amide bonds. The Bertz CT molecular complexity index is 1020. The van der Waals surface area contributed by atoms with Crippen LogP contribution in [0.3, 0.4) is 0 Å². The molecular formula is C18H13ClF3N3O3. The number of pyridine rings is 1. The van der Waals surface area contributed by atoms with Crippen molar-refractivity contribution < 1.29 is 27.5 Å². The number of carbonyl (C=O) groups is 2. The first-order chi connectivity index (χ1) is 13.1. The molecule has 0 unspecified atom stereocenters. The van der Waals surface area contributed by atoms with Gasteiger partial charge in [0.2, 0.25) is 0 Å². The molecule has 1 aromatic heterocycles. The summed E-state index contributed by atoms with van der Waals surface area (Å²) >= 11 is 5.95. The molecule has 2 heterocycles. The zero-order valence-corrected chi connectivity index (χ0v) is 15.1. The van der Waals surface area contributed by atoms with E-state index >= 15 is 0 Å². The molecule has 10 heteroatoms. The van der Waals surface area contributed by atoms with Gasteiger partial charge in [0.1, 0.15) is 17.7 Å². The summed E-state index contributed by atoms with van der Waals surface area (Å²) in [5, 5.41) is 2.76. The van der Waals surface area contributed by atoms with Gasteiger partial charge in [-0.25, -0.2) is 0 Å².